The summed E-state index contributed by atoms with van der Waals surface area (Å²) >= 11 is 0. The number of nitrogens with zero attached hydrogens (tertiary/aromatic N) is 3. The van der Waals surface area contributed by atoms with Gasteiger partial charge in [-0.25, -0.2) is 9.97 Å². The van der Waals surface area contributed by atoms with Crippen LogP contribution in [0.25, 0.3) is 0 Å². The summed E-state index contributed by atoms with van der Waals surface area (Å²) in [5, 5.41) is 0. The first-order valence-corrected chi connectivity index (χ1v) is 6.82. The van der Waals surface area contributed by atoms with Gasteiger partial charge in [0, 0.05) is 39.2 Å². The van der Waals surface area contributed by atoms with Crippen LogP contribution in [-0.2, 0) is 4.74 Å². The van der Waals surface area contributed by atoms with E-state index in [-0.39, 0.29) is 0 Å². The number of rotatable bonds is 5. The fourth-order valence-corrected chi connectivity index (χ4v) is 2.49. The van der Waals surface area contributed by atoms with Crippen molar-refractivity contribution in [1.82, 2.24) is 9.97 Å². The van der Waals surface area contributed by atoms with E-state index in [0.717, 1.165) is 37.1 Å². The lowest BCUT2D eigenvalue weighted by Gasteiger charge is -2.31. The van der Waals surface area contributed by atoms with E-state index in [0.29, 0.717) is 0 Å². The van der Waals surface area contributed by atoms with Crippen molar-refractivity contribution in [3.05, 3.63) is 18.0 Å². The highest BCUT2D eigenvalue weighted by atomic mass is 16.5. The van der Waals surface area contributed by atoms with Gasteiger partial charge in [0.15, 0.2) is 0 Å². The molecule has 0 aromatic carbocycles. The van der Waals surface area contributed by atoms with Crippen LogP contribution in [0.5, 0.6) is 0 Å². The van der Waals surface area contributed by atoms with Crippen molar-refractivity contribution in [2.45, 2.75) is 32.6 Å². The number of methoxy groups -OCH3 is 1. The van der Waals surface area contributed by atoms with Gasteiger partial charge < -0.3 is 9.64 Å². The number of piperidine rings is 1. The molecule has 0 bridgehead atoms. The summed E-state index contributed by atoms with van der Waals surface area (Å²) in [5.74, 6) is 1.73. The number of hydrogen-bond acceptors (Lipinski definition) is 4. The van der Waals surface area contributed by atoms with Crippen molar-refractivity contribution >= 4 is 5.95 Å². The normalized spacial score (nSPS) is 17.1. The van der Waals surface area contributed by atoms with Crippen LogP contribution in [0.2, 0.25) is 0 Å². The summed E-state index contributed by atoms with van der Waals surface area (Å²) in [6.07, 6.45) is 8.76. The van der Waals surface area contributed by atoms with Gasteiger partial charge in [0.25, 0.3) is 0 Å². The Bertz CT molecular complexity index is 345. The molecule has 100 valence electrons. The molecule has 0 amide bonds. The largest absolute Gasteiger partial charge is 0.385 e. The number of anilines is 1. The monoisotopic (exact) mass is 249 g/mol. The van der Waals surface area contributed by atoms with Gasteiger partial charge >= 0.3 is 0 Å². The molecular formula is C14H23N3O. The standard InChI is InChI=1S/C14H23N3O/c1-12-10-15-14(16-11-12)17-7-5-13(6-8-17)4-3-9-18-2/h10-11,13H,3-9H2,1-2H3. The minimum absolute atomic E-state index is 0.849. The maximum atomic E-state index is 5.10. The summed E-state index contributed by atoms with van der Waals surface area (Å²) in [6.45, 7) is 5.08. The van der Waals surface area contributed by atoms with Crippen LogP contribution >= 0.6 is 0 Å². The summed E-state index contributed by atoms with van der Waals surface area (Å²) < 4.78 is 5.10. The van der Waals surface area contributed by atoms with E-state index in [9.17, 15) is 0 Å². The third kappa shape index (κ3) is 3.67. The Kier molecular flexibility index (Phi) is 4.93. The van der Waals surface area contributed by atoms with E-state index >= 15 is 0 Å². The first-order valence-electron chi connectivity index (χ1n) is 6.82. The number of aryl methyl sites for hydroxylation is 1. The van der Waals surface area contributed by atoms with Gasteiger partial charge in [-0.3, -0.25) is 0 Å². The lowest BCUT2D eigenvalue weighted by atomic mass is 9.92. The number of ether oxygens (including phenoxy) is 1. The summed E-state index contributed by atoms with van der Waals surface area (Å²) in [7, 11) is 1.78. The zero-order valence-corrected chi connectivity index (χ0v) is 11.4. The molecule has 4 nitrogen and oxygen atoms in total. The van der Waals surface area contributed by atoms with Crippen LogP contribution in [-0.4, -0.2) is 36.8 Å². The van der Waals surface area contributed by atoms with Gasteiger partial charge in [0.1, 0.15) is 0 Å². The summed E-state index contributed by atoms with van der Waals surface area (Å²) in [6, 6.07) is 0. The summed E-state index contributed by atoms with van der Waals surface area (Å²) in [4.78, 5) is 11.1. The first kappa shape index (κ1) is 13.3. The minimum atomic E-state index is 0.849. The van der Waals surface area contributed by atoms with E-state index in [1.807, 2.05) is 19.3 Å². The van der Waals surface area contributed by atoms with Crippen LogP contribution in [0.15, 0.2) is 12.4 Å². The van der Waals surface area contributed by atoms with Crippen molar-refractivity contribution in [3.8, 4) is 0 Å². The molecule has 0 saturated carbocycles. The van der Waals surface area contributed by atoms with Gasteiger partial charge in [-0.1, -0.05) is 0 Å². The molecule has 1 aromatic heterocycles. The Hall–Kier alpha value is -1.16. The highest BCUT2D eigenvalue weighted by Gasteiger charge is 2.20. The quantitative estimate of drug-likeness (QED) is 0.751. The molecule has 1 aliphatic rings. The van der Waals surface area contributed by atoms with Crippen LogP contribution in [0.1, 0.15) is 31.2 Å². The van der Waals surface area contributed by atoms with Crippen molar-refractivity contribution in [2.24, 2.45) is 5.92 Å². The van der Waals surface area contributed by atoms with E-state index < -0.39 is 0 Å². The van der Waals surface area contributed by atoms with E-state index in [2.05, 4.69) is 14.9 Å². The van der Waals surface area contributed by atoms with Crippen LogP contribution in [0.3, 0.4) is 0 Å². The predicted molar refractivity (Wildman–Crippen MR) is 72.8 cm³/mol. The Labute approximate surface area is 109 Å². The average Bonchev–Trinajstić information content (AvgIpc) is 2.41. The van der Waals surface area contributed by atoms with Crippen molar-refractivity contribution in [2.75, 3.05) is 31.7 Å². The molecule has 1 aromatic rings. The second kappa shape index (κ2) is 6.69. The Morgan fingerprint density at radius 3 is 2.56 bits per heavy atom. The molecule has 0 spiro atoms. The third-order valence-corrected chi connectivity index (χ3v) is 3.63. The molecule has 18 heavy (non-hydrogen) atoms. The van der Waals surface area contributed by atoms with Crippen LogP contribution in [0.4, 0.5) is 5.95 Å². The van der Waals surface area contributed by atoms with E-state index in [4.69, 9.17) is 4.74 Å². The Balaban J connectivity index is 1.77. The number of hydrogen-bond donors (Lipinski definition) is 0. The molecule has 0 unspecified atom stereocenters. The fraction of sp³-hybridized carbons (Fsp3) is 0.714. The SMILES string of the molecule is COCCCC1CCN(c2ncc(C)cn2)CC1. The predicted octanol–water partition coefficient (Wildman–Crippen LogP) is 2.43. The van der Waals surface area contributed by atoms with Gasteiger partial charge in [-0.05, 0) is 44.1 Å². The highest BCUT2D eigenvalue weighted by molar-refractivity contribution is 5.30. The second-order valence-electron chi connectivity index (χ2n) is 5.13. The Morgan fingerprint density at radius 2 is 1.94 bits per heavy atom. The molecular weight excluding hydrogens is 226 g/mol. The van der Waals surface area contributed by atoms with Crippen LogP contribution < -0.4 is 4.90 Å². The molecule has 0 N–H and O–H groups in total. The zero-order valence-electron chi connectivity index (χ0n) is 11.4. The maximum Gasteiger partial charge on any atom is 0.225 e. The zero-order chi connectivity index (χ0) is 12.8. The van der Waals surface area contributed by atoms with Crippen molar-refractivity contribution in [3.63, 3.8) is 0 Å². The van der Waals surface area contributed by atoms with Crippen molar-refractivity contribution < 1.29 is 4.74 Å². The highest BCUT2D eigenvalue weighted by Crippen LogP contribution is 2.23. The first-order chi connectivity index (χ1) is 8.79. The maximum absolute atomic E-state index is 5.10. The van der Waals surface area contributed by atoms with Crippen molar-refractivity contribution in [1.29, 1.82) is 0 Å². The lowest BCUT2D eigenvalue weighted by molar-refractivity contribution is 0.183. The Morgan fingerprint density at radius 1 is 1.28 bits per heavy atom. The number of aromatic nitrogens is 2. The molecule has 0 aliphatic carbocycles. The molecule has 4 heteroatoms. The van der Waals surface area contributed by atoms with Gasteiger partial charge in [0.2, 0.25) is 5.95 Å². The third-order valence-electron chi connectivity index (χ3n) is 3.63. The van der Waals surface area contributed by atoms with E-state index in [1.54, 1.807) is 7.11 Å². The fourth-order valence-electron chi connectivity index (χ4n) is 2.49. The molecule has 1 fully saturated rings. The average molecular weight is 249 g/mol. The molecule has 2 heterocycles. The molecule has 1 saturated heterocycles. The molecule has 2 rings (SSSR count). The molecule has 0 radical (unpaired) electrons. The molecule has 1 aliphatic heterocycles. The molecule has 0 atom stereocenters. The van der Waals surface area contributed by atoms with E-state index in [1.165, 1.54) is 25.7 Å². The van der Waals surface area contributed by atoms with Crippen LogP contribution in [0, 0.1) is 12.8 Å². The smallest absolute Gasteiger partial charge is 0.225 e. The van der Waals surface area contributed by atoms with Gasteiger partial charge in [-0.2, -0.15) is 0 Å². The lowest BCUT2D eigenvalue weighted by Crippen LogP contribution is -2.34. The topological polar surface area (TPSA) is 38.2 Å². The summed E-state index contributed by atoms with van der Waals surface area (Å²) in [5.41, 5.74) is 1.12. The van der Waals surface area contributed by atoms with Gasteiger partial charge in [-0.15, -0.1) is 0 Å². The second-order valence-corrected chi connectivity index (χ2v) is 5.13. The minimum Gasteiger partial charge on any atom is -0.385 e. The van der Waals surface area contributed by atoms with Gasteiger partial charge in [0.05, 0.1) is 0 Å².